The van der Waals surface area contributed by atoms with E-state index in [4.69, 9.17) is 0 Å². The number of benzene rings is 1. The lowest BCUT2D eigenvalue weighted by Crippen LogP contribution is -2.33. The molecule has 2 N–H and O–H groups in total. The fraction of sp³-hybridized carbons (Fsp3) is 0.462. The molecule has 0 saturated heterocycles. The molecule has 1 fully saturated rings. The van der Waals surface area contributed by atoms with Crippen LogP contribution in [0.25, 0.3) is 0 Å². The number of rotatable bonds is 6. The molecule has 0 heterocycles. The molecule has 1 amide bonds. The predicted octanol–water partition coefficient (Wildman–Crippen LogP) is 1.39. The minimum Gasteiger partial charge on any atom is -0.351 e. The van der Waals surface area contributed by atoms with Crippen molar-refractivity contribution in [2.45, 2.75) is 25.8 Å². The molecule has 2 rings (SSSR count). The van der Waals surface area contributed by atoms with Gasteiger partial charge in [-0.15, -0.1) is 0 Å². The summed E-state index contributed by atoms with van der Waals surface area (Å²) in [5.41, 5.74) is 0.619. The Labute approximate surface area is 111 Å². The van der Waals surface area contributed by atoms with Crippen molar-refractivity contribution in [3.63, 3.8) is 0 Å². The summed E-state index contributed by atoms with van der Waals surface area (Å²) in [6, 6.07) is 5.22. The molecule has 0 atom stereocenters. The highest BCUT2D eigenvalue weighted by atomic mass is 16.6. The highest BCUT2D eigenvalue weighted by Crippen LogP contribution is 2.21. The Kier molecular flexibility index (Phi) is 4.11. The van der Waals surface area contributed by atoms with Crippen LogP contribution in [0.1, 0.15) is 28.8 Å². The Morgan fingerprint density at radius 3 is 2.79 bits per heavy atom. The first kappa shape index (κ1) is 13.5. The third-order valence-electron chi connectivity index (χ3n) is 3.10. The number of carbonyl (C=O) groups is 1. The fourth-order valence-electron chi connectivity index (χ4n) is 1.93. The minimum absolute atomic E-state index is 0.146. The van der Waals surface area contributed by atoms with Gasteiger partial charge >= 0.3 is 0 Å². The van der Waals surface area contributed by atoms with E-state index in [9.17, 15) is 14.9 Å². The zero-order valence-corrected chi connectivity index (χ0v) is 10.8. The van der Waals surface area contributed by atoms with Crippen molar-refractivity contribution in [3.8, 4) is 0 Å². The number of nitrogens with one attached hydrogen (secondary N) is 2. The van der Waals surface area contributed by atoms with Gasteiger partial charge in [-0.1, -0.05) is 12.1 Å². The van der Waals surface area contributed by atoms with Crippen LogP contribution in [0.4, 0.5) is 5.69 Å². The lowest BCUT2D eigenvalue weighted by Gasteiger charge is -2.08. The topological polar surface area (TPSA) is 84.3 Å². The Hall–Kier alpha value is -1.95. The molecule has 6 nitrogen and oxygen atoms in total. The maximum absolute atomic E-state index is 12.0. The first-order valence-corrected chi connectivity index (χ1v) is 6.35. The smallest absolute Gasteiger partial charge is 0.282 e. The highest BCUT2D eigenvalue weighted by Gasteiger charge is 2.22. The molecule has 1 aromatic rings. The number of nitro groups is 1. The van der Waals surface area contributed by atoms with Crippen molar-refractivity contribution < 1.29 is 9.72 Å². The van der Waals surface area contributed by atoms with Gasteiger partial charge in [-0.05, 0) is 25.3 Å². The minimum atomic E-state index is -0.523. The van der Waals surface area contributed by atoms with E-state index in [0.717, 1.165) is 0 Å². The Morgan fingerprint density at radius 1 is 1.42 bits per heavy atom. The van der Waals surface area contributed by atoms with Crippen LogP contribution >= 0.6 is 0 Å². The first-order chi connectivity index (χ1) is 9.09. The predicted molar refractivity (Wildman–Crippen MR) is 71.2 cm³/mol. The van der Waals surface area contributed by atoms with Gasteiger partial charge in [-0.2, -0.15) is 0 Å². The summed E-state index contributed by atoms with van der Waals surface area (Å²) in [5.74, 6) is -0.387. The molecule has 0 aliphatic heterocycles. The third-order valence-corrected chi connectivity index (χ3v) is 3.10. The van der Waals surface area contributed by atoms with Gasteiger partial charge in [-0.25, -0.2) is 0 Å². The molecule has 6 heteroatoms. The van der Waals surface area contributed by atoms with Gasteiger partial charge in [0.2, 0.25) is 0 Å². The van der Waals surface area contributed by atoms with E-state index < -0.39 is 4.92 Å². The van der Waals surface area contributed by atoms with Crippen LogP contribution in [0, 0.1) is 17.0 Å². The molecule has 19 heavy (non-hydrogen) atoms. The summed E-state index contributed by atoms with van der Waals surface area (Å²) in [6.07, 6.45) is 2.38. The lowest BCUT2D eigenvalue weighted by atomic mass is 10.1. The van der Waals surface area contributed by atoms with E-state index in [1.54, 1.807) is 19.1 Å². The molecule has 0 spiro atoms. The van der Waals surface area contributed by atoms with E-state index in [1.807, 2.05) is 0 Å². The number of hydrogen-bond acceptors (Lipinski definition) is 4. The lowest BCUT2D eigenvalue weighted by molar-refractivity contribution is -0.385. The van der Waals surface area contributed by atoms with Crippen LogP contribution in [0.15, 0.2) is 18.2 Å². The van der Waals surface area contributed by atoms with Crippen LogP contribution < -0.4 is 10.6 Å². The number of hydrogen-bond donors (Lipinski definition) is 2. The quantitative estimate of drug-likeness (QED) is 0.461. The molecule has 0 radical (unpaired) electrons. The van der Waals surface area contributed by atoms with Crippen molar-refractivity contribution in [3.05, 3.63) is 39.4 Å². The van der Waals surface area contributed by atoms with Crippen LogP contribution in [0.5, 0.6) is 0 Å². The fourth-order valence-corrected chi connectivity index (χ4v) is 1.93. The average Bonchev–Trinajstić information content (AvgIpc) is 3.18. The molecule has 1 aliphatic carbocycles. The molecular formula is C13H17N3O3. The van der Waals surface area contributed by atoms with Crippen molar-refractivity contribution in [1.82, 2.24) is 10.6 Å². The molecule has 0 aromatic heterocycles. The van der Waals surface area contributed by atoms with Crippen molar-refractivity contribution in [2.75, 3.05) is 13.1 Å². The maximum atomic E-state index is 12.0. The SMILES string of the molecule is Cc1cccc([N+](=O)[O-])c1C(=O)NCCNC1CC1. The van der Waals surface area contributed by atoms with E-state index >= 15 is 0 Å². The Morgan fingerprint density at radius 2 is 2.16 bits per heavy atom. The summed E-state index contributed by atoms with van der Waals surface area (Å²) in [6.45, 7) is 2.86. The van der Waals surface area contributed by atoms with Crippen LogP contribution in [-0.4, -0.2) is 30.0 Å². The second kappa shape index (κ2) is 5.79. The average molecular weight is 263 g/mol. The number of amides is 1. The number of nitrogens with zero attached hydrogens (tertiary/aromatic N) is 1. The largest absolute Gasteiger partial charge is 0.351 e. The summed E-state index contributed by atoms with van der Waals surface area (Å²) < 4.78 is 0. The van der Waals surface area contributed by atoms with Crippen molar-refractivity contribution >= 4 is 11.6 Å². The molecule has 1 aromatic carbocycles. The summed E-state index contributed by atoms with van der Waals surface area (Å²) in [5, 5.41) is 16.9. The maximum Gasteiger partial charge on any atom is 0.282 e. The van der Waals surface area contributed by atoms with Gasteiger partial charge in [0.1, 0.15) is 5.56 Å². The standard InChI is InChI=1S/C13H17N3O3/c1-9-3-2-4-11(16(18)19)12(9)13(17)15-8-7-14-10-5-6-10/h2-4,10,14H,5-8H2,1H3,(H,15,17). The van der Waals surface area contributed by atoms with Gasteiger partial charge in [-0.3, -0.25) is 14.9 Å². The number of aryl methyl sites for hydroxylation is 1. The van der Waals surface area contributed by atoms with E-state index in [-0.39, 0.29) is 17.2 Å². The molecule has 0 unspecified atom stereocenters. The number of carbonyl (C=O) groups excluding carboxylic acids is 1. The first-order valence-electron chi connectivity index (χ1n) is 6.35. The Bertz CT molecular complexity index is 498. The number of nitro benzene ring substituents is 1. The molecule has 102 valence electrons. The van der Waals surface area contributed by atoms with E-state index in [0.29, 0.717) is 24.7 Å². The van der Waals surface area contributed by atoms with Crippen LogP contribution in [0.2, 0.25) is 0 Å². The zero-order chi connectivity index (χ0) is 13.8. The summed E-state index contributed by atoms with van der Waals surface area (Å²) in [7, 11) is 0. The Balaban J connectivity index is 1.98. The van der Waals surface area contributed by atoms with E-state index in [1.165, 1.54) is 18.9 Å². The van der Waals surface area contributed by atoms with E-state index in [2.05, 4.69) is 10.6 Å². The highest BCUT2D eigenvalue weighted by molar-refractivity contribution is 5.99. The molecule has 1 saturated carbocycles. The molecule has 0 bridgehead atoms. The van der Waals surface area contributed by atoms with Crippen LogP contribution in [-0.2, 0) is 0 Å². The van der Waals surface area contributed by atoms with Gasteiger partial charge in [0.15, 0.2) is 0 Å². The summed E-state index contributed by atoms with van der Waals surface area (Å²) in [4.78, 5) is 22.4. The monoisotopic (exact) mass is 263 g/mol. The van der Waals surface area contributed by atoms with Crippen molar-refractivity contribution in [1.29, 1.82) is 0 Å². The van der Waals surface area contributed by atoms with Gasteiger partial charge in [0.25, 0.3) is 11.6 Å². The van der Waals surface area contributed by atoms with Gasteiger partial charge in [0, 0.05) is 25.2 Å². The normalized spacial score (nSPS) is 14.2. The second-order valence-electron chi connectivity index (χ2n) is 4.71. The van der Waals surface area contributed by atoms with Gasteiger partial charge in [0.05, 0.1) is 4.92 Å². The third kappa shape index (κ3) is 3.51. The molecular weight excluding hydrogens is 246 g/mol. The van der Waals surface area contributed by atoms with Crippen LogP contribution in [0.3, 0.4) is 0 Å². The molecule has 1 aliphatic rings. The van der Waals surface area contributed by atoms with Crippen molar-refractivity contribution in [2.24, 2.45) is 0 Å². The second-order valence-corrected chi connectivity index (χ2v) is 4.71. The summed E-state index contributed by atoms with van der Waals surface area (Å²) >= 11 is 0. The van der Waals surface area contributed by atoms with Gasteiger partial charge < -0.3 is 10.6 Å². The zero-order valence-electron chi connectivity index (χ0n) is 10.8.